The van der Waals surface area contributed by atoms with Crippen LogP contribution in [-0.4, -0.2) is 30.2 Å². The lowest BCUT2D eigenvalue weighted by molar-refractivity contribution is -0.149. The Bertz CT molecular complexity index is 379. The van der Waals surface area contributed by atoms with Crippen LogP contribution in [0.25, 0.3) is 0 Å². The van der Waals surface area contributed by atoms with Gasteiger partial charge in [0.25, 0.3) is 0 Å². The maximum absolute atomic E-state index is 11.7. The summed E-state index contributed by atoms with van der Waals surface area (Å²) in [6.45, 7) is 0.770. The molecule has 1 rings (SSSR count). The number of hydrogen-bond acceptors (Lipinski definition) is 2. The first-order valence-corrected chi connectivity index (χ1v) is 7.79. The second-order valence-corrected chi connectivity index (χ2v) is 5.77. The molecule has 0 atom stereocenters. The van der Waals surface area contributed by atoms with Crippen molar-refractivity contribution in [2.75, 3.05) is 13.1 Å². The minimum absolute atomic E-state index is 0.207. The fourth-order valence-electron chi connectivity index (χ4n) is 2.74. The van der Waals surface area contributed by atoms with Gasteiger partial charge in [-0.05, 0) is 25.7 Å². The SMILES string of the molecule is C#CCCCCNC(=O)NCC1(C(=O)O)CCCCCC1. The topological polar surface area (TPSA) is 78.4 Å². The number of unbranched alkanes of at least 4 members (excludes halogenated alkanes) is 2. The van der Waals surface area contributed by atoms with Gasteiger partial charge >= 0.3 is 12.0 Å². The number of terminal acetylenes is 1. The molecule has 1 fully saturated rings. The van der Waals surface area contributed by atoms with Crippen LogP contribution in [0.1, 0.15) is 57.8 Å². The van der Waals surface area contributed by atoms with Crippen molar-refractivity contribution in [1.82, 2.24) is 10.6 Å². The van der Waals surface area contributed by atoms with Crippen molar-refractivity contribution >= 4 is 12.0 Å². The van der Waals surface area contributed by atoms with Crippen LogP contribution in [0.2, 0.25) is 0 Å². The molecule has 5 nitrogen and oxygen atoms in total. The van der Waals surface area contributed by atoms with Gasteiger partial charge in [-0.1, -0.05) is 25.7 Å². The average molecular weight is 294 g/mol. The third kappa shape index (κ3) is 6.07. The van der Waals surface area contributed by atoms with Crippen LogP contribution in [0.15, 0.2) is 0 Å². The Hall–Kier alpha value is -1.70. The number of hydrogen-bond donors (Lipinski definition) is 3. The van der Waals surface area contributed by atoms with E-state index in [9.17, 15) is 14.7 Å². The molecule has 1 saturated carbocycles. The van der Waals surface area contributed by atoms with Crippen LogP contribution < -0.4 is 10.6 Å². The van der Waals surface area contributed by atoms with Gasteiger partial charge in [-0.2, -0.15) is 0 Å². The zero-order chi connectivity index (χ0) is 15.6. The molecule has 1 aliphatic rings. The van der Waals surface area contributed by atoms with Crippen molar-refractivity contribution < 1.29 is 14.7 Å². The Labute approximate surface area is 126 Å². The molecule has 0 aromatic heterocycles. The fourth-order valence-corrected chi connectivity index (χ4v) is 2.74. The van der Waals surface area contributed by atoms with Crippen molar-refractivity contribution in [2.24, 2.45) is 5.41 Å². The quantitative estimate of drug-likeness (QED) is 0.383. The maximum Gasteiger partial charge on any atom is 0.314 e. The molecule has 0 spiro atoms. The zero-order valence-corrected chi connectivity index (χ0v) is 12.6. The first kappa shape index (κ1) is 17.4. The standard InChI is InChI=1S/C16H26N2O3/c1-2-3-4-9-12-17-15(21)18-13-16(14(19)20)10-7-5-6-8-11-16/h1H,3-13H2,(H,19,20)(H2,17,18,21). The second-order valence-electron chi connectivity index (χ2n) is 5.77. The normalized spacial score (nSPS) is 17.3. The molecule has 0 aromatic rings. The van der Waals surface area contributed by atoms with E-state index in [0.717, 1.165) is 38.5 Å². The van der Waals surface area contributed by atoms with Gasteiger partial charge in [0.05, 0.1) is 5.41 Å². The van der Waals surface area contributed by atoms with Crippen LogP contribution in [0.3, 0.4) is 0 Å². The molecule has 0 unspecified atom stereocenters. The summed E-state index contributed by atoms with van der Waals surface area (Å²) >= 11 is 0. The summed E-state index contributed by atoms with van der Waals surface area (Å²) in [5.74, 6) is 1.76. The van der Waals surface area contributed by atoms with E-state index in [1.165, 1.54) is 0 Å². The number of aliphatic carboxylic acids is 1. The minimum Gasteiger partial charge on any atom is -0.481 e. The highest BCUT2D eigenvalue weighted by atomic mass is 16.4. The van der Waals surface area contributed by atoms with E-state index in [1.54, 1.807) is 0 Å². The summed E-state index contributed by atoms with van der Waals surface area (Å²) in [4.78, 5) is 23.3. The fraction of sp³-hybridized carbons (Fsp3) is 0.750. The molecule has 1 aliphatic carbocycles. The molecule has 2 amide bonds. The summed E-state index contributed by atoms with van der Waals surface area (Å²) in [7, 11) is 0. The van der Waals surface area contributed by atoms with Crippen molar-refractivity contribution in [2.45, 2.75) is 57.8 Å². The number of carboxylic acids is 1. The summed E-state index contributed by atoms with van der Waals surface area (Å²) in [5, 5.41) is 15.0. The average Bonchev–Trinajstić information content (AvgIpc) is 2.71. The van der Waals surface area contributed by atoms with E-state index in [-0.39, 0.29) is 12.6 Å². The molecule has 0 aliphatic heterocycles. The van der Waals surface area contributed by atoms with Gasteiger partial charge in [-0.25, -0.2) is 4.79 Å². The molecule has 0 aromatic carbocycles. The van der Waals surface area contributed by atoms with E-state index < -0.39 is 11.4 Å². The van der Waals surface area contributed by atoms with Crippen molar-refractivity contribution in [3.63, 3.8) is 0 Å². The van der Waals surface area contributed by atoms with E-state index in [2.05, 4.69) is 16.6 Å². The monoisotopic (exact) mass is 294 g/mol. The lowest BCUT2D eigenvalue weighted by atomic mass is 9.80. The third-order valence-electron chi connectivity index (χ3n) is 4.14. The first-order chi connectivity index (χ1) is 10.1. The van der Waals surface area contributed by atoms with Crippen LogP contribution in [0, 0.1) is 17.8 Å². The number of amides is 2. The highest BCUT2D eigenvalue weighted by molar-refractivity contribution is 5.78. The molecule has 5 heteroatoms. The molecule has 21 heavy (non-hydrogen) atoms. The Morgan fingerprint density at radius 3 is 2.33 bits per heavy atom. The summed E-state index contributed by atoms with van der Waals surface area (Å²) in [5.41, 5.74) is -0.794. The van der Waals surface area contributed by atoms with Gasteiger partial charge in [-0.15, -0.1) is 12.3 Å². The van der Waals surface area contributed by atoms with E-state index in [4.69, 9.17) is 6.42 Å². The summed E-state index contributed by atoms with van der Waals surface area (Å²) in [6.07, 6.45) is 12.9. The van der Waals surface area contributed by atoms with Gasteiger partial charge in [0.2, 0.25) is 0 Å². The van der Waals surface area contributed by atoms with Gasteiger partial charge in [0.15, 0.2) is 0 Å². The van der Waals surface area contributed by atoms with Crippen LogP contribution >= 0.6 is 0 Å². The third-order valence-corrected chi connectivity index (χ3v) is 4.14. The molecular formula is C16H26N2O3. The number of carbonyl (C=O) groups is 2. The smallest absolute Gasteiger partial charge is 0.314 e. The van der Waals surface area contributed by atoms with Gasteiger partial charge < -0.3 is 15.7 Å². The van der Waals surface area contributed by atoms with E-state index in [1.807, 2.05) is 0 Å². The second kappa shape index (κ2) is 9.28. The minimum atomic E-state index is -0.794. The Morgan fingerprint density at radius 2 is 1.76 bits per heavy atom. The predicted molar refractivity (Wildman–Crippen MR) is 81.9 cm³/mol. The van der Waals surface area contributed by atoms with E-state index in [0.29, 0.717) is 25.8 Å². The van der Waals surface area contributed by atoms with Gasteiger partial charge in [0.1, 0.15) is 0 Å². The molecular weight excluding hydrogens is 268 g/mol. The zero-order valence-electron chi connectivity index (χ0n) is 12.6. The number of urea groups is 1. The van der Waals surface area contributed by atoms with Crippen LogP contribution in [0.4, 0.5) is 4.79 Å². The Kier molecular flexibility index (Phi) is 7.66. The molecule has 0 saturated heterocycles. The largest absolute Gasteiger partial charge is 0.481 e. The Morgan fingerprint density at radius 1 is 1.10 bits per heavy atom. The maximum atomic E-state index is 11.7. The predicted octanol–water partition coefficient (Wildman–Crippen LogP) is 2.51. The summed E-state index contributed by atoms with van der Waals surface area (Å²) < 4.78 is 0. The number of nitrogens with one attached hydrogen (secondary N) is 2. The van der Waals surface area contributed by atoms with Gasteiger partial charge in [-0.3, -0.25) is 4.79 Å². The summed E-state index contributed by atoms with van der Waals surface area (Å²) in [6, 6.07) is -0.291. The molecule has 0 radical (unpaired) electrons. The number of rotatable bonds is 7. The van der Waals surface area contributed by atoms with E-state index >= 15 is 0 Å². The molecule has 0 heterocycles. The van der Waals surface area contributed by atoms with Crippen molar-refractivity contribution in [1.29, 1.82) is 0 Å². The van der Waals surface area contributed by atoms with Crippen LogP contribution in [0.5, 0.6) is 0 Å². The lowest BCUT2D eigenvalue weighted by Gasteiger charge is -2.28. The molecule has 3 N–H and O–H groups in total. The highest BCUT2D eigenvalue weighted by Crippen LogP contribution is 2.34. The Balaban J connectivity index is 2.34. The molecule has 0 bridgehead atoms. The van der Waals surface area contributed by atoms with Crippen molar-refractivity contribution in [3.05, 3.63) is 0 Å². The number of carbonyl (C=O) groups excluding carboxylic acids is 1. The highest BCUT2D eigenvalue weighted by Gasteiger charge is 2.38. The lowest BCUT2D eigenvalue weighted by Crippen LogP contribution is -2.46. The van der Waals surface area contributed by atoms with Crippen molar-refractivity contribution in [3.8, 4) is 12.3 Å². The first-order valence-electron chi connectivity index (χ1n) is 7.79. The van der Waals surface area contributed by atoms with Gasteiger partial charge in [0, 0.05) is 19.5 Å². The van der Waals surface area contributed by atoms with Crippen LogP contribution in [-0.2, 0) is 4.79 Å². The molecule has 118 valence electrons. The number of carboxylic acid groups (broad SMARTS) is 1.